The molecule has 194 valence electrons. The molecule has 2 N–H and O–H groups in total. The van der Waals surface area contributed by atoms with Crippen molar-refractivity contribution in [2.24, 2.45) is 5.10 Å². The topological polar surface area (TPSA) is 132 Å². The van der Waals surface area contributed by atoms with Crippen LogP contribution in [0.3, 0.4) is 0 Å². The van der Waals surface area contributed by atoms with Gasteiger partial charge in [0.1, 0.15) is 23.0 Å². The summed E-state index contributed by atoms with van der Waals surface area (Å²) in [5.41, 5.74) is 4.25. The molecule has 0 saturated heterocycles. The minimum absolute atomic E-state index is 0.0470. The number of benzene rings is 4. The number of para-hydroxylation sites is 2. The molecule has 0 heterocycles. The maximum Gasteiger partial charge on any atom is 0.270 e. The first-order valence-corrected chi connectivity index (χ1v) is 12.8. The number of nitro benzene ring substituents is 1. The summed E-state index contributed by atoms with van der Waals surface area (Å²) in [5, 5.41) is 15.5. The lowest BCUT2D eigenvalue weighted by molar-refractivity contribution is -0.385. The Morgan fingerprint density at radius 1 is 0.921 bits per heavy atom. The molecule has 0 aliphatic carbocycles. The van der Waals surface area contributed by atoms with E-state index in [9.17, 15) is 18.5 Å². The first kappa shape index (κ1) is 26.2. The highest BCUT2D eigenvalue weighted by molar-refractivity contribution is 7.93. The van der Waals surface area contributed by atoms with Crippen molar-refractivity contribution in [3.63, 3.8) is 0 Å². The summed E-state index contributed by atoms with van der Waals surface area (Å²) in [6.45, 7) is 0.406. The maximum absolute atomic E-state index is 13.2. The van der Waals surface area contributed by atoms with Gasteiger partial charge in [-0.1, -0.05) is 54.6 Å². The first-order chi connectivity index (χ1) is 18.4. The number of hydrogen-bond donors (Lipinski definition) is 2. The van der Waals surface area contributed by atoms with E-state index in [-0.39, 0.29) is 22.0 Å². The molecule has 0 saturated carbocycles. The number of sulfonamides is 1. The molecule has 0 amide bonds. The first-order valence-electron chi connectivity index (χ1n) is 11.4. The molecule has 4 aromatic carbocycles. The van der Waals surface area contributed by atoms with Gasteiger partial charge in [0.05, 0.1) is 29.6 Å². The van der Waals surface area contributed by atoms with Crippen molar-refractivity contribution in [1.29, 1.82) is 0 Å². The van der Waals surface area contributed by atoms with Crippen LogP contribution >= 0.6 is 0 Å². The van der Waals surface area contributed by atoms with Crippen LogP contribution < -0.4 is 19.6 Å². The number of hydrazone groups is 1. The Hall–Kier alpha value is -4.90. The quantitative estimate of drug-likeness (QED) is 0.150. The normalized spacial score (nSPS) is 11.2. The van der Waals surface area contributed by atoms with Crippen LogP contribution in [0, 0.1) is 10.1 Å². The average molecular weight is 533 g/mol. The highest BCUT2D eigenvalue weighted by atomic mass is 32.2. The Morgan fingerprint density at radius 3 is 2.45 bits per heavy atom. The summed E-state index contributed by atoms with van der Waals surface area (Å²) < 4.78 is 39.9. The van der Waals surface area contributed by atoms with E-state index in [1.54, 1.807) is 36.4 Å². The standard InChI is InChI=1S/C27H24N4O6S/c1-36-26-13-6-5-12-24(26)30-38(34,35)27-17-22(31(32)33)14-15-25(27)29-28-18-21-10-7-11-23(16-21)37-19-20-8-3-2-4-9-20/h2-18,29-30H,19H2,1H3/b28-18+. The summed E-state index contributed by atoms with van der Waals surface area (Å²) in [6.07, 6.45) is 1.49. The summed E-state index contributed by atoms with van der Waals surface area (Å²) >= 11 is 0. The number of nitro groups is 1. The maximum atomic E-state index is 13.2. The van der Waals surface area contributed by atoms with Crippen LogP contribution in [0.1, 0.15) is 11.1 Å². The molecule has 0 unspecified atom stereocenters. The number of ether oxygens (including phenoxy) is 2. The zero-order valence-electron chi connectivity index (χ0n) is 20.3. The smallest absolute Gasteiger partial charge is 0.270 e. The molecule has 10 nitrogen and oxygen atoms in total. The lowest BCUT2D eigenvalue weighted by atomic mass is 10.2. The van der Waals surface area contributed by atoms with Gasteiger partial charge in [-0.25, -0.2) is 8.42 Å². The van der Waals surface area contributed by atoms with E-state index < -0.39 is 14.9 Å². The Balaban J connectivity index is 1.54. The minimum Gasteiger partial charge on any atom is -0.495 e. The Bertz CT molecular complexity index is 1560. The zero-order valence-corrected chi connectivity index (χ0v) is 21.1. The number of anilines is 2. The summed E-state index contributed by atoms with van der Waals surface area (Å²) in [4.78, 5) is 10.3. The van der Waals surface area contributed by atoms with Crippen molar-refractivity contribution in [3.05, 3.63) is 118 Å². The van der Waals surface area contributed by atoms with Crippen LogP contribution in [-0.2, 0) is 16.6 Å². The van der Waals surface area contributed by atoms with E-state index in [4.69, 9.17) is 9.47 Å². The van der Waals surface area contributed by atoms with E-state index in [0.717, 1.165) is 11.6 Å². The highest BCUT2D eigenvalue weighted by Crippen LogP contribution is 2.31. The van der Waals surface area contributed by atoms with Crippen LogP contribution in [0.5, 0.6) is 11.5 Å². The second-order valence-corrected chi connectivity index (χ2v) is 9.61. The van der Waals surface area contributed by atoms with Crippen LogP contribution in [0.25, 0.3) is 0 Å². The fourth-order valence-corrected chi connectivity index (χ4v) is 4.72. The molecule has 4 rings (SSSR count). The molecule has 11 heteroatoms. The van der Waals surface area contributed by atoms with Gasteiger partial charge < -0.3 is 9.47 Å². The van der Waals surface area contributed by atoms with E-state index in [1.807, 2.05) is 36.4 Å². The van der Waals surface area contributed by atoms with Crippen molar-refractivity contribution in [1.82, 2.24) is 0 Å². The number of methoxy groups -OCH3 is 1. The zero-order chi connectivity index (χ0) is 27.0. The fourth-order valence-electron chi connectivity index (χ4n) is 3.47. The molecular formula is C27H24N4O6S. The summed E-state index contributed by atoms with van der Waals surface area (Å²) in [7, 11) is -2.85. The Morgan fingerprint density at radius 2 is 1.68 bits per heavy atom. The Labute approximate surface area is 219 Å². The molecule has 0 spiro atoms. The molecule has 0 atom stereocenters. The third kappa shape index (κ3) is 6.65. The third-order valence-corrected chi connectivity index (χ3v) is 6.73. The molecule has 0 radical (unpaired) electrons. The van der Waals surface area contributed by atoms with Gasteiger partial charge >= 0.3 is 0 Å². The molecule has 0 fully saturated rings. The van der Waals surface area contributed by atoms with Crippen molar-refractivity contribution in [2.45, 2.75) is 11.5 Å². The second kappa shape index (κ2) is 11.9. The van der Waals surface area contributed by atoms with Gasteiger partial charge in [-0.3, -0.25) is 20.3 Å². The number of nitrogens with one attached hydrogen (secondary N) is 2. The summed E-state index contributed by atoms with van der Waals surface area (Å²) in [5.74, 6) is 0.931. The molecule has 38 heavy (non-hydrogen) atoms. The molecule has 0 bridgehead atoms. The van der Waals surface area contributed by atoms with Gasteiger partial charge in [0.2, 0.25) is 0 Å². The lowest BCUT2D eigenvalue weighted by Gasteiger charge is -2.14. The summed E-state index contributed by atoms with van der Waals surface area (Å²) in [6, 6.07) is 26.8. The van der Waals surface area contributed by atoms with Crippen molar-refractivity contribution >= 4 is 33.3 Å². The van der Waals surface area contributed by atoms with Crippen LogP contribution in [-0.4, -0.2) is 26.7 Å². The van der Waals surface area contributed by atoms with E-state index in [1.165, 1.54) is 31.5 Å². The van der Waals surface area contributed by atoms with Crippen LogP contribution in [0.4, 0.5) is 17.1 Å². The molecule has 0 aliphatic heterocycles. The lowest BCUT2D eigenvalue weighted by Crippen LogP contribution is -2.15. The van der Waals surface area contributed by atoms with Gasteiger partial charge in [-0.15, -0.1) is 0 Å². The average Bonchev–Trinajstić information content (AvgIpc) is 2.93. The third-order valence-electron chi connectivity index (χ3n) is 5.32. The van der Waals surface area contributed by atoms with Gasteiger partial charge in [0, 0.05) is 12.1 Å². The molecule has 4 aromatic rings. The van der Waals surface area contributed by atoms with Gasteiger partial charge in [-0.05, 0) is 41.5 Å². The van der Waals surface area contributed by atoms with Gasteiger partial charge in [0.15, 0.2) is 0 Å². The van der Waals surface area contributed by atoms with E-state index in [0.29, 0.717) is 23.7 Å². The molecule has 0 aliphatic rings. The number of nitrogens with zero attached hydrogens (tertiary/aromatic N) is 2. The van der Waals surface area contributed by atoms with Crippen molar-refractivity contribution in [2.75, 3.05) is 17.3 Å². The molecule has 0 aromatic heterocycles. The highest BCUT2D eigenvalue weighted by Gasteiger charge is 2.23. The molecular weight excluding hydrogens is 508 g/mol. The number of hydrogen-bond acceptors (Lipinski definition) is 8. The predicted molar refractivity (Wildman–Crippen MR) is 145 cm³/mol. The second-order valence-electron chi connectivity index (χ2n) is 7.96. The minimum atomic E-state index is -4.26. The van der Waals surface area contributed by atoms with Crippen LogP contribution in [0.2, 0.25) is 0 Å². The monoisotopic (exact) mass is 532 g/mol. The SMILES string of the molecule is COc1ccccc1NS(=O)(=O)c1cc([N+](=O)[O-])ccc1N/N=C/c1cccc(OCc2ccccc2)c1. The van der Waals surface area contributed by atoms with E-state index in [2.05, 4.69) is 15.2 Å². The van der Waals surface area contributed by atoms with E-state index >= 15 is 0 Å². The van der Waals surface area contributed by atoms with Crippen molar-refractivity contribution < 1.29 is 22.8 Å². The Kier molecular flexibility index (Phi) is 8.19. The van der Waals surface area contributed by atoms with Gasteiger partial charge in [0.25, 0.3) is 15.7 Å². The van der Waals surface area contributed by atoms with Crippen molar-refractivity contribution in [3.8, 4) is 11.5 Å². The van der Waals surface area contributed by atoms with Gasteiger partial charge in [-0.2, -0.15) is 5.10 Å². The number of non-ortho nitro benzene ring substituents is 1. The van der Waals surface area contributed by atoms with Crippen LogP contribution in [0.15, 0.2) is 107 Å². The number of rotatable bonds is 11. The fraction of sp³-hybridized carbons (Fsp3) is 0.0741. The predicted octanol–water partition coefficient (Wildman–Crippen LogP) is 5.43. The largest absolute Gasteiger partial charge is 0.495 e.